The summed E-state index contributed by atoms with van der Waals surface area (Å²) < 4.78 is 17.5. The third-order valence-corrected chi connectivity index (χ3v) is 16.4. The van der Waals surface area contributed by atoms with Crippen LogP contribution in [0.15, 0.2) is 54.6 Å². The van der Waals surface area contributed by atoms with E-state index in [2.05, 4.69) is 31.9 Å². The SMILES string of the molecule is CC[C@H](C)[C@@H]([C@@H](CC(=O)N1CCCC1[C@H](OC)[C@@H](C)C(=O)N[C@@H](Cc1ccccc1)C(=O)O)OC)N(C)C(=O)[C@H](CC(C)C)NC(=O)[C@H](C(C)C)N(C)CCc1ccc(NC(=O)[C@H](CCCCNC(N)=O)NC(=O)[C@H](CC(C)C)NC(=O)OC(C)(C)C)cc1. The fraction of sp³-hybridized carbons (Fsp3) is 0.682. The standard InChI is InChI=1S/C66H108N10O13/c1-17-43(8)56(53(87-15)39-54(77)76-34-23-27-52(76)57(88-16)44(9)58(78)72-51(63(83)84)38-46-24-19-18-20-25-46)75(14)62(82)50(37-41(4)5)71-61(81)55(42(6)7)74(13)35-32-45-28-30-47(31-29-45)69-59(79)48(26-21-22-33-68-64(67)85)70-60(80)49(36-40(2)3)73-65(86)89-66(10,11)12/h18-20,24-25,28-31,40-44,48-53,55-57H,17,21-23,26-27,32-39H2,1-16H3,(H,69,79)(H,70,80)(H,71,81)(H,72,78)(H,73,86)(H,83,84)(H3,67,68,85)/t43-,44+,48-,49-,50-,51-,52?,53+,55-,56-,57+/m0/s1. The average molecular weight is 1250 g/mol. The minimum Gasteiger partial charge on any atom is -0.480 e. The van der Waals surface area contributed by atoms with Crippen LogP contribution in [0.25, 0.3) is 0 Å². The molecule has 0 bridgehead atoms. The van der Waals surface area contributed by atoms with Crippen molar-refractivity contribution in [3.05, 3.63) is 65.7 Å². The molecule has 11 atom stereocenters. The molecule has 2 aromatic carbocycles. The number of likely N-dealkylation sites (tertiary alicyclic amines) is 1. The maximum absolute atomic E-state index is 14.9. The Morgan fingerprint density at radius 1 is 0.730 bits per heavy atom. The highest BCUT2D eigenvalue weighted by atomic mass is 16.6. The normalized spacial score (nSPS) is 16.9. The molecule has 23 heteroatoms. The van der Waals surface area contributed by atoms with Gasteiger partial charge in [0.15, 0.2) is 0 Å². The lowest BCUT2D eigenvalue weighted by Crippen LogP contribution is -2.59. The van der Waals surface area contributed by atoms with E-state index in [0.717, 1.165) is 11.1 Å². The van der Waals surface area contributed by atoms with Gasteiger partial charge in [0.25, 0.3) is 0 Å². The van der Waals surface area contributed by atoms with Crippen molar-refractivity contribution in [2.75, 3.05) is 53.3 Å². The molecule has 3 rings (SSSR count). The summed E-state index contributed by atoms with van der Waals surface area (Å²) in [5.41, 5.74) is 6.60. The van der Waals surface area contributed by atoms with Crippen LogP contribution < -0.4 is 37.6 Å². The van der Waals surface area contributed by atoms with Crippen molar-refractivity contribution in [3.63, 3.8) is 0 Å². The molecule has 0 radical (unpaired) electrons. The van der Waals surface area contributed by atoms with Gasteiger partial charge in [-0.1, -0.05) is 111 Å². The van der Waals surface area contributed by atoms with E-state index in [4.69, 9.17) is 19.9 Å². The third kappa shape index (κ3) is 25.5. The second-order valence-corrected chi connectivity index (χ2v) is 26.2. The number of hydrogen-bond acceptors (Lipinski definition) is 13. The Labute approximate surface area is 529 Å². The van der Waals surface area contributed by atoms with Gasteiger partial charge in [0, 0.05) is 53.0 Å². The van der Waals surface area contributed by atoms with Crippen LogP contribution in [0.3, 0.4) is 0 Å². The Morgan fingerprint density at radius 3 is 1.89 bits per heavy atom. The number of nitrogens with one attached hydrogen (secondary N) is 6. The number of carboxylic acid groups (broad SMARTS) is 1. The van der Waals surface area contributed by atoms with Crippen molar-refractivity contribution in [1.82, 2.24) is 41.3 Å². The van der Waals surface area contributed by atoms with E-state index in [-0.39, 0.29) is 67.2 Å². The fourth-order valence-corrected chi connectivity index (χ4v) is 11.7. The van der Waals surface area contributed by atoms with Crippen LogP contribution in [-0.2, 0) is 60.6 Å². The summed E-state index contributed by atoms with van der Waals surface area (Å²) in [7, 11) is 6.57. The van der Waals surface area contributed by atoms with Crippen LogP contribution >= 0.6 is 0 Å². The number of benzene rings is 2. The molecule has 9 amide bonds. The van der Waals surface area contributed by atoms with Gasteiger partial charge in [-0.3, -0.25) is 33.7 Å². The molecule has 0 spiro atoms. The van der Waals surface area contributed by atoms with Gasteiger partial charge in [0.2, 0.25) is 35.4 Å². The van der Waals surface area contributed by atoms with Crippen LogP contribution in [0.4, 0.5) is 15.3 Å². The van der Waals surface area contributed by atoms with E-state index in [0.29, 0.717) is 70.1 Å². The topological polar surface area (TPSA) is 309 Å². The number of hydrogen-bond donors (Lipinski definition) is 8. The lowest BCUT2D eigenvalue weighted by molar-refractivity contribution is -0.148. The number of aliphatic carboxylic acids is 1. The Hall–Kier alpha value is -6.85. The summed E-state index contributed by atoms with van der Waals surface area (Å²) in [5.74, 6) is -4.61. The van der Waals surface area contributed by atoms with Gasteiger partial charge in [-0.25, -0.2) is 14.4 Å². The molecular formula is C66H108N10O13. The highest BCUT2D eigenvalue weighted by molar-refractivity contribution is 5.98. The molecule has 1 fully saturated rings. The van der Waals surface area contributed by atoms with Gasteiger partial charge in [-0.2, -0.15) is 0 Å². The molecule has 1 unspecified atom stereocenters. The molecule has 2 aromatic rings. The third-order valence-electron chi connectivity index (χ3n) is 16.4. The predicted octanol–water partition coefficient (Wildman–Crippen LogP) is 6.65. The zero-order chi connectivity index (χ0) is 66.9. The van der Waals surface area contributed by atoms with Gasteiger partial charge < -0.3 is 66.8 Å². The number of carbonyl (C=O) groups is 9. The number of urea groups is 1. The lowest BCUT2D eigenvalue weighted by atomic mass is 9.89. The number of alkyl carbamates (subject to hydrolysis) is 1. The lowest BCUT2D eigenvalue weighted by Gasteiger charge is -2.41. The maximum atomic E-state index is 14.9. The monoisotopic (exact) mass is 1250 g/mol. The van der Waals surface area contributed by atoms with Crippen molar-refractivity contribution in [2.24, 2.45) is 35.3 Å². The van der Waals surface area contributed by atoms with Crippen LogP contribution in [0, 0.1) is 29.6 Å². The van der Waals surface area contributed by atoms with Crippen LogP contribution in [0.1, 0.15) is 152 Å². The molecule has 0 saturated carbocycles. The highest BCUT2D eigenvalue weighted by Gasteiger charge is 2.44. The number of anilines is 1. The summed E-state index contributed by atoms with van der Waals surface area (Å²) in [6.07, 6.45) is 1.99. The van der Waals surface area contributed by atoms with E-state index >= 15 is 0 Å². The molecule has 0 aromatic heterocycles. The Kier molecular flexibility index (Phi) is 32.1. The number of carbonyl (C=O) groups excluding carboxylic acids is 8. The second-order valence-electron chi connectivity index (χ2n) is 26.2. The van der Waals surface area contributed by atoms with E-state index < -0.39 is 102 Å². The molecule has 500 valence electrons. The fourth-order valence-electron chi connectivity index (χ4n) is 11.7. The van der Waals surface area contributed by atoms with Gasteiger partial charge in [0.05, 0.1) is 42.7 Å². The van der Waals surface area contributed by atoms with E-state index in [1.165, 1.54) is 14.2 Å². The van der Waals surface area contributed by atoms with Crippen molar-refractivity contribution < 1.29 is 62.5 Å². The quantitative estimate of drug-likeness (QED) is 0.0329. The predicted molar refractivity (Wildman–Crippen MR) is 343 cm³/mol. The van der Waals surface area contributed by atoms with Gasteiger partial charge in [-0.15, -0.1) is 0 Å². The zero-order valence-electron chi connectivity index (χ0n) is 55.9. The van der Waals surface area contributed by atoms with E-state index in [9.17, 15) is 48.3 Å². The van der Waals surface area contributed by atoms with Crippen molar-refractivity contribution in [1.29, 1.82) is 0 Å². The van der Waals surface area contributed by atoms with Crippen molar-refractivity contribution in [3.8, 4) is 0 Å². The largest absolute Gasteiger partial charge is 0.480 e. The molecule has 1 heterocycles. The molecule has 89 heavy (non-hydrogen) atoms. The number of carboxylic acids is 1. The van der Waals surface area contributed by atoms with Crippen LogP contribution in [0.2, 0.25) is 0 Å². The van der Waals surface area contributed by atoms with Gasteiger partial charge in [-0.05, 0) is 126 Å². The second kappa shape index (κ2) is 37.3. The minimum atomic E-state index is -1.17. The first-order valence-electron chi connectivity index (χ1n) is 31.7. The Morgan fingerprint density at radius 2 is 1.34 bits per heavy atom. The summed E-state index contributed by atoms with van der Waals surface area (Å²) in [6, 6.07) is 9.91. The minimum absolute atomic E-state index is 0.0172. The number of rotatable bonds is 37. The van der Waals surface area contributed by atoms with Gasteiger partial charge >= 0.3 is 18.1 Å². The number of methoxy groups -OCH3 is 2. The Balaban J connectivity index is 1.75. The van der Waals surface area contributed by atoms with Crippen LogP contribution in [-0.4, -0.2) is 181 Å². The van der Waals surface area contributed by atoms with Gasteiger partial charge in [0.1, 0.15) is 29.8 Å². The summed E-state index contributed by atoms with van der Waals surface area (Å²) >= 11 is 0. The summed E-state index contributed by atoms with van der Waals surface area (Å²) in [4.78, 5) is 127. The molecule has 9 N–H and O–H groups in total. The number of amides is 9. The first kappa shape index (κ1) is 76.4. The van der Waals surface area contributed by atoms with Crippen LogP contribution in [0.5, 0.6) is 0 Å². The molecular weight excluding hydrogens is 1140 g/mol. The van der Waals surface area contributed by atoms with E-state index in [1.54, 1.807) is 80.9 Å². The Bertz CT molecular complexity index is 2580. The van der Waals surface area contributed by atoms with Crippen molar-refractivity contribution in [2.45, 2.75) is 214 Å². The smallest absolute Gasteiger partial charge is 0.408 e. The molecule has 0 aliphatic carbocycles. The molecule has 1 saturated heterocycles. The number of nitrogens with zero attached hydrogens (tertiary/aromatic N) is 3. The molecule has 23 nitrogen and oxygen atoms in total. The number of unbranched alkanes of at least 4 members (excludes halogenated alkanes) is 1. The zero-order valence-corrected chi connectivity index (χ0v) is 55.9. The summed E-state index contributed by atoms with van der Waals surface area (Å²) in [5, 5.41) is 26.8. The van der Waals surface area contributed by atoms with Crippen molar-refractivity contribution >= 4 is 59.2 Å². The maximum Gasteiger partial charge on any atom is 0.408 e. The molecule has 1 aliphatic heterocycles. The first-order chi connectivity index (χ1) is 41.8. The average Bonchev–Trinajstić information content (AvgIpc) is 2.09. The number of likely N-dealkylation sites (N-methyl/N-ethyl adjacent to an activating group) is 2. The number of primary amides is 1. The van der Waals surface area contributed by atoms with E-state index in [1.807, 2.05) is 85.5 Å². The first-order valence-corrected chi connectivity index (χ1v) is 31.7. The summed E-state index contributed by atoms with van der Waals surface area (Å²) in [6.45, 7) is 23.7. The number of nitrogens with two attached hydrogens (primary N) is 1. The molecule has 1 aliphatic rings. The highest BCUT2D eigenvalue weighted by Crippen LogP contribution is 2.30. The number of ether oxygens (including phenoxy) is 3.